The van der Waals surface area contributed by atoms with Gasteiger partial charge in [-0.2, -0.15) is 5.10 Å². The number of nitrogens with zero attached hydrogens (tertiary/aromatic N) is 2. The maximum atomic E-state index is 11.8. The van der Waals surface area contributed by atoms with Crippen molar-refractivity contribution in [1.82, 2.24) is 9.78 Å². The van der Waals surface area contributed by atoms with Crippen molar-refractivity contribution < 1.29 is 9.53 Å². The van der Waals surface area contributed by atoms with Crippen LogP contribution < -0.4 is 5.32 Å². The molecular weight excluding hydrogens is 242 g/mol. The number of hydrogen-bond donors (Lipinski definition) is 1. The Bertz CT molecular complexity index is 417. The van der Waals surface area contributed by atoms with E-state index in [9.17, 15) is 4.79 Å². The van der Waals surface area contributed by atoms with Crippen LogP contribution in [0.2, 0.25) is 0 Å². The fourth-order valence-electron chi connectivity index (χ4n) is 2.64. The Morgan fingerprint density at radius 1 is 1.53 bits per heavy atom. The van der Waals surface area contributed by atoms with E-state index in [4.69, 9.17) is 4.74 Å². The molecule has 2 rings (SSSR count). The molecule has 1 aromatic heterocycles. The van der Waals surface area contributed by atoms with Gasteiger partial charge < -0.3 is 10.1 Å². The number of esters is 1. The lowest BCUT2D eigenvalue weighted by molar-refractivity contribution is -0.149. The van der Waals surface area contributed by atoms with Crippen LogP contribution >= 0.6 is 0 Å². The van der Waals surface area contributed by atoms with E-state index in [2.05, 4.69) is 17.3 Å². The quantitative estimate of drug-likeness (QED) is 0.831. The molecule has 5 nitrogen and oxygen atoms in total. The van der Waals surface area contributed by atoms with Crippen LogP contribution in [0.1, 0.15) is 39.5 Å². The highest BCUT2D eigenvalue weighted by atomic mass is 16.5. The summed E-state index contributed by atoms with van der Waals surface area (Å²) in [6.07, 6.45) is 7.84. The molecule has 2 unspecified atom stereocenters. The van der Waals surface area contributed by atoms with E-state index in [0.717, 1.165) is 37.9 Å². The third-order valence-corrected chi connectivity index (χ3v) is 3.62. The lowest BCUT2D eigenvalue weighted by Gasteiger charge is -2.28. The molecule has 1 N–H and O–H groups in total. The number of hydrogen-bond acceptors (Lipinski definition) is 4. The molecular formula is C14H23N3O2. The molecule has 1 heterocycles. The van der Waals surface area contributed by atoms with Crippen molar-refractivity contribution in [1.29, 1.82) is 0 Å². The summed E-state index contributed by atoms with van der Waals surface area (Å²) < 4.78 is 7.02. The predicted molar refractivity (Wildman–Crippen MR) is 73.9 cm³/mol. The number of anilines is 1. The number of aromatic nitrogens is 2. The van der Waals surface area contributed by atoms with Gasteiger partial charge in [-0.3, -0.25) is 9.48 Å². The molecule has 1 fully saturated rings. The lowest BCUT2D eigenvalue weighted by atomic mass is 9.85. The van der Waals surface area contributed by atoms with E-state index in [-0.39, 0.29) is 11.9 Å². The van der Waals surface area contributed by atoms with Crippen molar-refractivity contribution in [3.63, 3.8) is 0 Å². The molecule has 1 aliphatic rings. The Morgan fingerprint density at radius 2 is 2.37 bits per heavy atom. The number of nitrogens with one attached hydrogen (secondary N) is 1. The van der Waals surface area contributed by atoms with Gasteiger partial charge >= 0.3 is 5.97 Å². The molecule has 1 saturated carbocycles. The third-order valence-electron chi connectivity index (χ3n) is 3.62. The van der Waals surface area contributed by atoms with E-state index in [0.29, 0.717) is 12.6 Å². The maximum absolute atomic E-state index is 11.8. The second kappa shape index (κ2) is 6.59. The van der Waals surface area contributed by atoms with E-state index in [1.54, 1.807) is 0 Å². The molecule has 106 valence electrons. The zero-order valence-electron chi connectivity index (χ0n) is 11.8. The van der Waals surface area contributed by atoms with Crippen molar-refractivity contribution in [2.45, 2.75) is 52.1 Å². The minimum atomic E-state index is -0.0433. The summed E-state index contributed by atoms with van der Waals surface area (Å²) in [6, 6.07) is 0.345. The van der Waals surface area contributed by atoms with Crippen LogP contribution in [0.15, 0.2) is 12.4 Å². The topological polar surface area (TPSA) is 56.1 Å². The summed E-state index contributed by atoms with van der Waals surface area (Å²) in [5, 5.41) is 7.72. The standard InChI is InChI=1S/C14H23N3O2/c1-3-17-10-13(9-15-17)16-12-7-5-6-11(8-12)14(18)19-4-2/h9-12,16H,3-8H2,1-2H3. The molecule has 2 atom stereocenters. The van der Waals surface area contributed by atoms with Crippen LogP contribution in [0.25, 0.3) is 0 Å². The van der Waals surface area contributed by atoms with Crippen LogP contribution in [-0.2, 0) is 16.1 Å². The zero-order valence-corrected chi connectivity index (χ0v) is 11.8. The molecule has 0 aromatic carbocycles. The Hall–Kier alpha value is -1.52. The fourth-order valence-corrected chi connectivity index (χ4v) is 2.64. The van der Waals surface area contributed by atoms with Crippen LogP contribution in [0, 0.1) is 5.92 Å². The van der Waals surface area contributed by atoms with Gasteiger partial charge in [0.1, 0.15) is 0 Å². The van der Waals surface area contributed by atoms with Gasteiger partial charge in [-0.05, 0) is 33.1 Å². The highest BCUT2D eigenvalue weighted by molar-refractivity contribution is 5.72. The third kappa shape index (κ3) is 3.72. The summed E-state index contributed by atoms with van der Waals surface area (Å²) in [5.74, 6) is 0.00525. The molecule has 0 aliphatic heterocycles. The van der Waals surface area contributed by atoms with Gasteiger partial charge in [-0.1, -0.05) is 6.42 Å². The Kier molecular flexibility index (Phi) is 4.82. The lowest BCUT2D eigenvalue weighted by Crippen LogP contribution is -2.31. The number of rotatable bonds is 5. The van der Waals surface area contributed by atoms with Gasteiger partial charge in [0.15, 0.2) is 0 Å². The normalized spacial score (nSPS) is 23.1. The summed E-state index contributed by atoms with van der Waals surface area (Å²) in [5.41, 5.74) is 1.04. The first-order valence-corrected chi connectivity index (χ1v) is 7.18. The summed E-state index contributed by atoms with van der Waals surface area (Å²) in [4.78, 5) is 11.8. The largest absolute Gasteiger partial charge is 0.466 e. The predicted octanol–water partition coefficient (Wildman–Crippen LogP) is 2.44. The second-order valence-electron chi connectivity index (χ2n) is 5.04. The molecule has 0 amide bonds. The highest BCUT2D eigenvalue weighted by Gasteiger charge is 2.28. The van der Waals surface area contributed by atoms with Gasteiger partial charge in [-0.25, -0.2) is 0 Å². The Balaban J connectivity index is 1.88. The summed E-state index contributed by atoms with van der Waals surface area (Å²) >= 11 is 0. The summed E-state index contributed by atoms with van der Waals surface area (Å²) in [7, 11) is 0. The summed E-state index contributed by atoms with van der Waals surface area (Å²) in [6.45, 7) is 5.26. The van der Waals surface area contributed by atoms with Gasteiger partial charge in [0.2, 0.25) is 0 Å². The number of carbonyl (C=O) groups excluding carboxylic acids is 1. The monoisotopic (exact) mass is 265 g/mol. The highest BCUT2D eigenvalue weighted by Crippen LogP contribution is 2.27. The number of ether oxygens (including phenoxy) is 1. The average molecular weight is 265 g/mol. The van der Waals surface area contributed by atoms with Crippen LogP contribution in [-0.4, -0.2) is 28.4 Å². The minimum Gasteiger partial charge on any atom is -0.466 e. The number of carbonyl (C=O) groups is 1. The van der Waals surface area contributed by atoms with Crippen LogP contribution in [0.5, 0.6) is 0 Å². The first-order chi connectivity index (χ1) is 9.22. The number of aryl methyl sites for hydroxylation is 1. The minimum absolute atomic E-state index is 0.0433. The van der Waals surface area contributed by atoms with Crippen molar-refractivity contribution >= 4 is 11.7 Å². The molecule has 19 heavy (non-hydrogen) atoms. The molecule has 1 aromatic rings. The molecule has 0 spiro atoms. The Labute approximate surface area is 114 Å². The van der Waals surface area contributed by atoms with Gasteiger partial charge in [0.05, 0.1) is 24.4 Å². The van der Waals surface area contributed by atoms with Gasteiger partial charge in [-0.15, -0.1) is 0 Å². The van der Waals surface area contributed by atoms with E-state index >= 15 is 0 Å². The molecule has 5 heteroatoms. The molecule has 1 aliphatic carbocycles. The fraction of sp³-hybridized carbons (Fsp3) is 0.714. The second-order valence-corrected chi connectivity index (χ2v) is 5.04. The zero-order chi connectivity index (χ0) is 13.7. The maximum Gasteiger partial charge on any atom is 0.308 e. The van der Waals surface area contributed by atoms with Crippen molar-refractivity contribution in [2.24, 2.45) is 5.92 Å². The van der Waals surface area contributed by atoms with Crippen molar-refractivity contribution in [3.05, 3.63) is 12.4 Å². The SMILES string of the molecule is CCOC(=O)C1CCCC(Nc2cnn(CC)c2)C1. The molecule has 0 radical (unpaired) electrons. The smallest absolute Gasteiger partial charge is 0.308 e. The van der Waals surface area contributed by atoms with Crippen LogP contribution in [0.3, 0.4) is 0 Å². The first-order valence-electron chi connectivity index (χ1n) is 7.18. The average Bonchev–Trinajstić information content (AvgIpc) is 2.87. The Morgan fingerprint density at radius 3 is 3.05 bits per heavy atom. The van der Waals surface area contributed by atoms with Crippen LogP contribution in [0.4, 0.5) is 5.69 Å². The van der Waals surface area contributed by atoms with Gasteiger partial charge in [0.25, 0.3) is 0 Å². The van der Waals surface area contributed by atoms with Crippen molar-refractivity contribution in [3.8, 4) is 0 Å². The van der Waals surface area contributed by atoms with E-state index in [1.807, 2.05) is 24.0 Å². The first kappa shape index (κ1) is 13.9. The van der Waals surface area contributed by atoms with Crippen molar-refractivity contribution in [2.75, 3.05) is 11.9 Å². The van der Waals surface area contributed by atoms with E-state index in [1.165, 1.54) is 0 Å². The van der Waals surface area contributed by atoms with Gasteiger partial charge in [0, 0.05) is 18.8 Å². The molecule has 0 saturated heterocycles. The molecule has 0 bridgehead atoms. The van der Waals surface area contributed by atoms with E-state index < -0.39 is 0 Å².